The summed E-state index contributed by atoms with van der Waals surface area (Å²) in [6, 6.07) is 13.5. The highest BCUT2D eigenvalue weighted by atomic mass is 32.2. The van der Waals surface area contributed by atoms with Gasteiger partial charge in [-0.1, -0.05) is 18.2 Å². The molecule has 1 aromatic heterocycles. The number of nitrogens with zero attached hydrogens (tertiary/aromatic N) is 1. The number of aryl methyl sites for hydroxylation is 1. The summed E-state index contributed by atoms with van der Waals surface area (Å²) >= 11 is 3.97. The van der Waals surface area contributed by atoms with Crippen molar-refractivity contribution >= 4 is 35.2 Å². The molecule has 0 bridgehead atoms. The SMILES string of the molecule is Cc1cccc(NC(=O)c2ccc(C3SCCCS3)cc2)n1. The first-order chi connectivity index (χ1) is 10.7. The molecule has 0 radical (unpaired) electrons. The summed E-state index contributed by atoms with van der Waals surface area (Å²) in [6.07, 6.45) is 1.29. The number of hydrogen-bond donors (Lipinski definition) is 1. The van der Waals surface area contributed by atoms with Crippen LogP contribution in [0.5, 0.6) is 0 Å². The lowest BCUT2D eigenvalue weighted by Crippen LogP contribution is -2.13. The molecule has 2 heterocycles. The van der Waals surface area contributed by atoms with Crippen LogP contribution in [0.4, 0.5) is 5.82 Å². The number of anilines is 1. The summed E-state index contributed by atoms with van der Waals surface area (Å²) in [5.41, 5.74) is 2.84. The van der Waals surface area contributed by atoms with E-state index >= 15 is 0 Å². The first-order valence-electron chi connectivity index (χ1n) is 7.30. The molecule has 1 aromatic carbocycles. The maximum absolute atomic E-state index is 12.3. The van der Waals surface area contributed by atoms with E-state index < -0.39 is 0 Å². The van der Waals surface area contributed by atoms with E-state index in [4.69, 9.17) is 0 Å². The number of aromatic nitrogens is 1. The molecule has 1 N–H and O–H groups in total. The number of rotatable bonds is 3. The van der Waals surface area contributed by atoms with Gasteiger partial charge in [0.25, 0.3) is 5.91 Å². The van der Waals surface area contributed by atoms with Crippen LogP contribution in [0.3, 0.4) is 0 Å². The van der Waals surface area contributed by atoms with Gasteiger partial charge in [-0.3, -0.25) is 4.79 Å². The van der Waals surface area contributed by atoms with E-state index in [9.17, 15) is 4.79 Å². The van der Waals surface area contributed by atoms with E-state index in [1.165, 1.54) is 23.5 Å². The molecule has 2 aromatic rings. The fourth-order valence-electron chi connectivity index (χ4n) is 2.27. The van der Waals surface area contributed by atoms with Crippen LogP contribution in [0.1, 0.15) is 32.6 Å². The first kappa shape index (κ1) is 15.4. The Morgan fingerprint density at radius 1 is 1.14 bits per heavy atom. The monoisotopic (exact) mass is 330 g/mol. The minimum absolute atomic E-state index is 0.117. The Balaban J connectivity index is 1.68. The minimum Gasteiger partial charge on any atom is -0.307 e. The third kappa shape index (κ3) is 3.84. The van der Waals surface area contributed by atoms with Crippen molar-refractivity contribution in [2.75, 3.05) is 16.8 Å². The van der Waals surface area contributed by atoms with Crippen molar-refractivity contribution in [2.45, 2.75) is 17.9 Å². The molecule has 114 valence electrons. The van der Waals surface area contributed by atoms with E-state index in [1.807, 2.05) is 54.7 Å². The number of carbonyl (C=O) groups is 1. The van der Waals surface area contributed by atoms with Gasteiger partial charge < -0.3 is 5.32 Å². The zero-order valence-electron chi connectivity index (χ0n) is 12.4. The number of nitrogens with one attached hydrogen (secondary N) is 1. The average molecular weight is 330 g/mol. The van der Waals surface area contributed by atoms with Gasteiger partial charge in [0, 0.05) is 11.3 Å². The predicted octanol–water partition coefficient (Wildman–Crippen LogP) is 4.51. The smallest absolute Gasteiger partial charge is 0.256 e. The Morgan fingerprint density at radius 3 is 2.55 bits per heavy atom. The highest BCUT2D eigenvalue weighted by molar-refractivity contribution is 8.16. The van der Waals surface area contributed by atoms with Crippen LogP contribution < -0.4 is 5.32 Å². The van der Waals surface area contributed by atoms with Crippen LogP contribution in [-0.4, -0.2) is 22.4 Å². The summed E-state index contributed by atoms with van der Waals surface area (Å²) in [7, 11) is 0. The second kappa shape index (κ2) is 7.20. The van der Waals surface area contributed by atoms with Crippen LogP contribution >= 0.6 is 23.5 Å². The molecule has 1 amide bonds. The Bertz CT molecular complexity index is 652. The highest BCUT2D eigenvalue weighted by Crippen LogP contribution is 2.43. The van der Waals surface area contributed by atoms with E-state index in [-0.39, 0.29) is 5.91 Å². The van der Waals surface area contributed by atoms with E-state index in [2.05, 4.69) is 22.4 Å². The number of thioether (sulfide) groups is 2. The third-order valence-corrected chi connectivity index (χ3v) is 6.42. The lowest BCUT2D eigenvalue weighted by atomic mass is 10.1. The molecule has 0 atom stereocenters. The Morgan fingerprint density at radius 2 is 1.86 bits per heavy atom. The maximum atomic E-state index is 12.3. The lowest BCUT2D eigenvalue weighted by Gasteiger charge is -2.21. The highest BCUT2D eigenvalue weighted by Gasteiger charge is 2.17. The quantitative estimate of drug-likeness (QED) is 0.899. The van der Waals surface area contributed by atoms with E-state index in [1.54, 1.807) is 6.07 Å². The van der Waals surface area contributed by atoms with Crippen LogP contribution in [0.25, 0.3) is 0 Å². The van der Waals surface area contributed by atoms with E-state index in [0.717, 1.165) is 5.69 Å². The molecule has 3 nitrogen and oxygen atoms in total. The normalized spacial score (nSPS) is 15.5. The van der Waals surface area contributed by atoms with Crippen molar-refractivity contribution < 1.29 is 4.79 Å². The molecule has 3 rings (SSSR count). The maximum Gasteiger partial charge on any atom is 0.256 e. The van der Waals surface area contributed by atoms with Gasteiger partial charge in [-0.15, -0.1) is 23.5 Å². The lowest BCUT2D eigenvalue weighted by molar-refractivity contribution is 0.102. The molecule has 1 saturated heterocycles. The number of amides is 1. The molecular weight excluding hydrogens is 312 g/mol. The van der Waals surface area contributed by atoms with Crippen molar-refractivity contribution in [2.24, 2.45) is 0 Å². The van der Waals surface area contributed by atoms with E-state index in [0.29, 0.717) is 16.0 Å². The van der Waals surface area contributed by atoms with Gasteiger partial charge in [0.1, 0.15) is 5.82 Å². The second-order valence-corrected chi connectivity index (χ2v) is 7.89. The van der Waals surface area contributed by atoms with Gasteiger partial charge in [0.15, 0.2) is 0 Å². The van der Waals surface area contributed by atoms with Gasteiger partial charge in [0.05, 0.1) is 4.58 Å². The van der Waals surface area contributed by atoms with Crippen molar-refractivity contribution in [3.63, 3.8) is 0 Å². The number of carbonyl (C=O) groups excluding carboxylic acids is 1. The Hall–Kier alpha value is -1.46. The molecule has 1 aliphatic rings. The summed E-state index contributed by atoms with van der Waals surface area (Å²) < 4.78 is 0.504. The number of pyridine rings is 1. The zero-order valence-corrected chi connectivity index (χ0v) is 14.0. The van der Waals surface area contributed by atoms with Gasteiger partial charge in [0.2, 0.25) is 0 Å². The molecule has 0 unspecified atom stereocenters. The fourth-order valence-corrected chi connectivity index (χ4v) is 5.17. The van der Waals surface area contributed by atoms with Gasteiger partial charge >= 0.3 is 0 Å². The molecule has 5 heteroatoms. The summed E-state index contributed by atoms with van der Waals surface area (Å²) in [5.74, 6) is 2.92. The van der Waals surface area contributed by atoms with Gasteiger partial charge in [-0.2, -0.15) is 0 Å². The topological polar surface area (TPSA) is 42.0 Å². The molecule has 1 fully saturated rings. The Labute approximate surface area is 139 Å². The standard InChI is InChI=1S/C17H18N2OS2/c1-12-4-2-5-15(18-12)19-16(20)13-6-8-14(9-7-13)17-21-10-3-11-22-17/h2,4-9,17H,3,10-11H2,1H3,(H,18,19,20). The molecule has 0 aliphatic carbocycles. The largest absolute Gasteiger partial charge is 0.307 e. The van der Waals surface area contributed by atoms with Gasteiger partial charge in [-0.05, 0) is 54.7 Å². The molecule has 0 saturated carbocycles. The van der Waals surface area contributed by atoms with Crippen molar-refractivity contribution in [1.82, 2.24) is 4.98 Å². The predicted molar refractivity (Wildman–Crippen MR) is 95.6 cm³/mol. The average Bonchev–Trinajstić information content (AvgIpc) is 2.56. The van der Waals surface area contributed by atoms with Crippen LogP contribution in [-0.2, 0) is 0 Å². The number of benzene rings is 1. The zero-order chi connectivity index (χ0) is 15.4. The van der Waals surface area contributed by atoms with Crippen molar-refractivity contribution in [3.8, 4) is 0 Å². The summed E-state index contributed by atoms with van der Waals surface area (Å²) in [4.78, 5) is 16.5. The first-order valence-corrected chi connectivity index (χ1v) is 9.40. The van der Waals surface area contributed by atoms with Crippen molar-refractivity contribution in [3.05, 3.63) is 59.3 Å². The number of hydrogen-bond acceptors (Lipinski definition) is 4. The van der Waals surface area contributed by atoms with Crippen molar-refractivity contribution in [1.29, 1.82) is 0 Å². The second-order valence-electron chi connectivity index (χ2n) is 5.17. The molecule has 22 heavy (non-hydrogen) atoms. The fraction of sp³-hybridized carbons (Fsp3) is 0.294. The molecular formula is C17H18N2OS2. The third-order valence-electron chi connectivity index (χ3n) is 3.40. The van der Waals surface area contributed by atoms with Gasteiger partial charge in [-0.25, -0.2) is 4.98 Å². The van der Waals surface area contributed by atoms with Crippen LogP contribution in [0.15, 0.2) is 42.5 Å². The molecule has 1 aliphatic heterocycles. The Kier molecular flexibility index (Phi) is 5.05. The van der Waals surface area contributed by atoms with Crippen LogP contribution in [0.2, 0.25) is 0 Å². The summed E-state index contributed by atoms with van der Waals surface area (Å²) in [5, 5.41) is 2.84. The minimum atomic E-state index is -0.117. The molecule has 0 spiro atoms. The summed E-state index contributed by atoms with van der Waals surface area (Å²) in [6.45, 7) is 1.91. The van der Waals surface area contributed by atoms with Crippen LogP contribution in [0, 0.1) is 6.92 Å².